The monoisotopic (exact) mass is 306 g/mol. The summed E-state index contributed by atoms with van der Waals surface area (Å²) in [7, 11) is 0. The van der Waals surface area contributed by atoms with Crippen molar-refractivity contribution >= 4 is 22.9 Å². The van der Waals surface area contributed by atoms with Crippen LogP contribution in [0, 0.1) is 10.1 Å². The molecule has 1 aromatic carbocycles. The van der Waals surface area contributed by atoms with Crippen LogP contribution in [0.1, 0.15) is 34.0 Å². The molecular weight excluding hydrogens is 292 g/mol. The molecule has 0 saturated carbocycles. The Hall–Kier alpha value is -2.32. The first-order valence-electron chi connectivity index (χ1n) is 6.21. The van der Waals surface area contributed by atoms with Crippen molar-refractivity contribution in [3.05, 3.63) is 56.0 Å². The molecule has 1 atom stereocenters. The van der Waals surface area contributed by atoms with E-state index in [-0.39, 0.29) is 17.6 Å². The number of nitrogens with one attached hydrogen (secondary N) is 1. The van der Waals surface area contributed by atoms with E-state index in [0.29, 0.717) is 22.8 Å². The highest BCUT2D eigenvalue weighted by Gasteiger charge is 2.16. The maximum Gasteiger partial charge on any atom is 0.271 e. The molecular formula is C13H14N4O3S. The van der Waals surface area contributed by atoms with E-state index in [9.17, 15) is 14.9 Å². The quantitative estimate of drug-likeness (QED) is 0.648. The predicted molar refractivity (Wildman–Crippen MR) is 79.0 cm³/mol. The van der Waals surface area contributed by atoms with Gasteiger partial charge in [0.05, 0.1) is 11.0 Å². The van der Waals surface area contributed by atoms with E-state index < -0.39 is 4.92 Å². The number of nitro groups is 1. The van der Waals surface area contributed by atoms with Gasteiger partial charge in [0.15, 0.2) is 0 Å². The number of carbonyl (C=O) groups is 1. The van der Waals surface area contributed by atoms with Crippen LogP contribution in [0.15, 0.2) is 29.6 Å². The summed E-state index contributed by atoms with van der Waals surface area (Å²) in [5, 5.41) is 15.8. The van der Waals surface area contributed by atoms with E-state index in [1.807, 2.05) is 0 Å². The molecule has 1 aromatic heterocycles. The van der Waals surface area contributed by atoms with Crippen molar-refractivity contribution in [1.29, 1.82) is 0 Å². The zero-order valence-corrected chi connectivity index (χ0v) is 12.1. The summed E-state index contributed by atoms with van der Waals surface area (Å²) >= 11 is 1.32. The highest BCUT2D eigenvalue weighted by molar-refractivity contribution is 7.09. The van der Waals surface area contributed by atoms with Gasteiger partial charge >= 0.3 is 0 Å². The number of nitrogens with zero attached hydrogens (tertiary/aromatic N) is 2. The van der Waals surface area contributed by atoms with E-state index in [4.69, 9.17) is 5.73 Å². The fourth-order valence-electron chi connectivity index (χ4n) is 1.77. The van der Waals surface area contributed by atoms with Crippen LogP contribution in [0.25, 0.3) is 0 Å². The number of rotatable bonds is 5. The largest absolute Gasteiger partial charge is 0.344 e. The number of hydrogen-bond donors (Lipinski definition) is 2. The van der Waals surface area contributed by atoms with Gasteiger partial charge in [0.25, 0.3) is 11.6 Å². The third-order valence-electron chi connectivity index (χ3n) is 2.89. The topological polar surface area (TPSA) is 111 Å². The Balaban J connectivity index is 2.10. The first-order valence-corrected chi connectivity index (χ1v) is 7.09. The molecule has 8 heteroatoms. The molecule has 1 unspecified atom stereocenters. The Labute approximate surface area is 125 Å². The molecule has 110 valence electrons. The molecule has 3 N–H and O–H groups in total. The van der Waals surface area contributed by atoms with E-state index >= 15 is 0 Å². The molecule has 0 saturated heterocycles. The molecule has 0 fully saturated rings. The van der Waals surface area contributed by atoms with Gasteiger partial charge in [-0.2, -0.15) is 0 Å². The number of benzene rings is 1. The summed E-state index contributed by atoms with van der Waals surface area (Å²) in [6, 6.07) is 5.81. The van der Waals surface area contributed by atoms with Crippen LogP contribution in [0.4, 0.5) is 5.69 Å². The van der Waals surface area contributed by atoms with Crippen molar-refractivity contribution in [3.8, 4) is 0 Å². The summed E-state index contributed by atoms with van der Waals surface area (Å²) in [6.45, 7) is 2.05. The summed E-state index contributed by atoms with van der Waals surface area (Å²) < 4.78 is 0. The van der Waals surface area contributed by atoms with Crippen LogP contribution in [-0.2, 0) is 6.54 Å². The van der Waals surface area contributed by atoms with E-state index in [2.05, 4.69) is 10.3 Å². The Morgan fingerprint density at radius 1 is 1.57 bits per heavy atom. The number of thiazole rings is 1. The maximum absolute atomic E-state index is 12.0. The molecule has 0 aliphatic rings. The first-order chi connectivity index (χ1) is 10.0. The molecule has 7 nitrogen and oxygen atoms in total. The zero-order valence-electron chi connectivity index (χ0n) is 11.3. The molecule has 21 heavy (non-hydrogen) atoms. The molecule has 0 spiro atoms. The van der Waals surface area contributed by atoms with Crippen LogP contribution in [0.5, 0.6) is 0 Å². The second-order valence-electron chi connectivity index (χ2n) is 4.38. The van der Waals surface area contributed by atoms with Crippen molar-refractivity contribution in [2.45, 2.75) is 19.5 Å². The number of nitrogens with two attached hydrogens (primary N) is 1. The summed E-state index contributed by atoms with van der Waals surface area (Å²) in [5.41, 5.74) is 6.41. The molecule has 1 heterocycles. The summed E-state index contributed by atoms with van der Waals surface area (Å²) in [4.78, 5) is 26.4. The maximum atomic E-state index is 12.0. The third-order valence-corrected chi connectivity index (χ3v) is 3.76. The minimum absolute atomic E-state index is 0.00678. The fourth-order valence-corrected chi connectivity index (χ4v) is 2.43. The molecule has 0 radical (unpaired) electrons. The minimum Gasteiger partial charge on any atom is -0.344 e. The van der Waals surface area contributed by atoms with Crippen molar-refractivity contribution in [2.75, 3.05) is 0 Å². The van der Waals surface area contributed by atoms with Crippen molar-refractivity contribution in [1.82, 2.24) is 10.3 Å². The molecule has 1 amide bonds. The lowest BCUT2D eigenvalue weighted by Crippen LogP contribution is -2.27. The molecule has 0 bridgehead atoms. The second kappa shape index (κ2) is 6.42. The summed E-state index contributed by atoms with van der Waals surface area (Å²) in [5.74, 6) is -0.329. The van der Waals surface area contributed by atoms with E-state index in [0.717, 1.165) is 0 Å². The lowest BCUT2D eigenvalue weighted by Gasteiger charge is -2.13. The highest BCUT2D eigenvalue weighted by atomic mass is 32.1. The predicted octanol–water partition coefficient (Wildman–Crippen LogP) is 2.00. The standard InChI is InChI=1S/C13H14N4O3S/c1-8(9-3-2-4-10(5-9)17(19)20)15-13(18)11-7-21-12(6-14)16-11/h2-5,7-8H,6,14H2,1H3,(H,15,18). The number of aromatic nitrogens is 1. The van der Waals surface area contributed by atoms with E-state index in [1.54, 1.807) is 24.4 Å². The number of non-ortho nitro benzene ring substituents is 1. The average Bonchev–Trinajstić information content (AvgIpc) is 2.96. The van der Waals surface area contributed by atoms with Crippen molar-refractivity contribution < 1.29 is 9.72 Å². The molecule has 2 aromatic rings. The van der Waals surface area contributed by atoms with Gasteiger partial charge in [0.2, 0.25) is 0 Å². The number of amides is 1. The van der Waals surface area contributed by atoms with Gasteiger partial charge < -0.3 is 11.1 Å². The highest BCUT2D eigenvalue weighted by Crippen LogP contribution is 2.19. The zero-order chi connectivity index (χ0) is 15.4. The van der Waals surface area contributed by atoms with Crippen LogP contribution in [-0.4, -0.2) is 15.8 Å². The smallest absolute Gasteiger partial charge is 0.271 e. The first kappa shape index (κ1) is 15.1. The third kappa shape index (κ3) is 3.61. The van der Waals surface area contributed by atoms with Crippen molar-refractivity contribution in [3.63, 3.8) is 0 Å². The van der Waals surface area contributed by atoms with Gasteiger partial charge in [-0.1, -0.05) is 12.1 Å². The average molecular weight is 306 g/mol. The number of carbonyl (C=O) groups excluding carboxylic acids is 1. The van der Waals surface area contributed by atoms with Gasteiger partial charge in [0.1, 0.15) is 10.7 Å². The Morgan fingerprint density at radius 3 is 2.95 bits per heavy atom. The lowest BCUT2D eigenvalue weighted by molar-refractivity contribution is -0.384. The van der Waals surface area contributed by atoms with E-state index in [1.165, 1.54) is 23.5 Å². The van der Waals surface area contributed by atoms with Crippen LogP contribution in [0.3, 0.4) is 0 Å². The van der Waals surface area contributed by atoms with Gasteiger partial charge in [0, 0.05) is 24.1 Å². The number of nitro benzene ring substituents is 1. The molecule has 0 aliphatic carbocycles. The molecule has 0 aliphatic heterocycles. The van der Waals surface area contributed by atoms with Crippen molar-refractivity contribution in [2.24, 2.45) is 5.73 Å². The van der Waals surface area contributed by atoms with Gasteiger partial charge in [-0.3, -0.25) is 14.9 Å². The van der Waals surface area contributed by atoms with Crippen LogP contribution >= 0.6 is 11.3 Å². The minimum atomic E-state index is -0.466. The molecule has 2 rings (SSSR count). The number of hydrogen-bond acceptors (Lipinski definition) is 6. The Kier molecular flexibility index (Phi) is 4.61. The van der Waals surface area contributed by atoms with Gasteiger partial charge in [-0.25, -0.2) is 4.98 Å². The fraction of sp³-hybridized carbons (Fsp3) is 0.231. The van der Waals surface area contributed by atoms with Crippen LogP contribution < -0.4 is 11.1 Å². The Bertz CT molecular complexity index is 671. The van der Waals surface area contributed by atoms with Crippen LogP contribution in [0.2, 0.25) is 0 Å². The lowest BCUT2D eigenvalue weighted by atomic mass is 10.1. The normalized spacial score (nSPS) is 11.9. The van der Waals surface area contributed by atoms with Gasteiger partial charge in [-0.05, 0) is 12.5 Å². The SMILES string of the molecule is CC(NC(=O)c1csc(CN)n1)c1cccc([N+](=O)[O-])c1. The van der Waals surface area contributed by atoms with Gasteiger partial charge in [-0.15, -0.1) is 11.3 Å². The summed E-state index contributed by atoms with van der Waals surface area (Å²) in [6.07, 6.45) is 0. The Morgan fingerprint density at radius 2 is 2.33 bits per heavy atom. The second-order valence-corrected chi connectivity index (χ2v) is 5.32.